The van der Waals surface area contributed by atoms with Gasteiger partial charge in [-0.05, 0) is 73.9 Å². The first-order valence-corrected chi connectivity index (χ1v) is 15.1. The molecule has 0 radical (unpaired) electrons. The Morgan fingerprint density at radius 1 is 1.14 bits per heavy atom. The molecule has 2 amide bonds. The van der Waals surface area contributed by atoms with Gasteiger partial charge in [-0.15, -0.1) is 6.58 Å². The number of hydrogen-bond donors (Lipinski definition) is 2. The summed E-state index contributed by atoms with van der Waals surface area (Å²) >= 11 is 0. The molecular weight excluding hydrogens is 528 g/mol. The number of likely N-dealkylation sites (tertiary alicyclic amines) is 1. The Bertz CT molecular complexity index is 1280. The third kappa shape index (κ3) is 7.53. The van der Waals surface area contributed by atoms with E-state index in [-0.39, 0.29) is 30.4 Å². The number of nitrogens with zero attached hydrogens (tertiary/aromatic N) is 2. The number of benzene rings is 2. The van der Waals surface area contributed by atoms with Crippen molar-refractivity contribution in [2.45, 2.75) is 65.0 Å². The van der Waals surface area contributed by atoms with Gasteiger partial charge in [0, 0.05) is 38.6 Å². The maximum Gasteiger partial charge on any atom is 0.320 e. The van der Waals surface area contributed by atoms with E-state index in [1.54, 1.807) is 6.08 Å². The fraction of sp³-hybridized carbons (Fsp3) is 0.471. The Hall–Kier alpha value is -3.78. The van der Waals surface area contributed by atoms with E-state index in [0.717, 1.165) is 47.2 Å². The summed E-state index contributed by atoms with van der Waals surface area (Å²) in [5, 5.41) is 3.36. The molecule has 1 fully saturated rings. The number of amides is 2. The van der Waals surface area contributed by atoms with Crippen LogP contribution in [0.4, 0.5) is 16.2 Å². The fourth-order valence-corrected chi connectivity index (χ4v) is 5.93. The Morgan fingerprint density at radius 3 is 2.64 bits per heavy atom. The van der Waals surface area contributed by atoms with Gasteiger partial charge in [-0.1, -0.05) is 42.5 Å². The number of carbonyl (C=O) groups excluding carboxylic acids is 2. The highest BCUT2D eigenvalue weighted by atomic mass is 16.5. The number of esters is 1. The molecule has 8 nitrogen and oxygen atoms in total. The minimum Gasteiger partial charge on any atom is -0.466 e. The summed E-state index contributed by atoms with van der Waals surface area (Å²) < 4.78 is 11.2. The van der Waals surface area contributed by atoms with E-state index in [9.17, 15) is 9.59 Å². The molecule has 42 heavy (non-hydrogen) atoms. The Labute approximate surface area is 250 Å². The molecule has 2 aromatic rings. The molecule has 2 aromatic carbocycles. The zero-order valence-electron chi connectivity index (χ0n) is 25.4. The molecular formula is C34H46N4O4. The van der Waals surface area contributed by atoms with Crippen LogP contribution in [0.5, 0.6) is 0 Å². The lowest BCUT2D eigenvalue weighted by atomic mass is 9.83. The summed E-state index contributed by atoms with van der Waals surface area (Å²) in [6.07, 6.45) is 8.68. The number of rotatable bonds is 11. The predicted octanol–water partition coefficient (Wildman–Crippen LogP) is 5.80. The van der Waals surface area contributed by atoms with Crippen LogP contribution in [0.1, 0.15) is 66.8 Å². The van der Waals surface area contributed by atoms with Crippen LogP contribution in [0.3, 0.4) is 0 Å². The quantitative estimate of drug-likeness (QED) is 0.200. The van der Waals surface area contributed by atoms with Crippen molar-refractivity contribution in [2.24, 2.45) is 0 Å². The van der Waals surface area contributed by atoms with Gasteiger partial charge in [-0.25, -0.2) is 4.79 Å². The van der Waals surface area contributed by atoms with Crippen molar-refractivity contribution in [3.63, 3.8) is 0 Å². The van der Waals surface area contributed by atoms with Crippen molar-refractivity contribution < 1.29 is 19.1 Å². The minimum atomic E-state index is -0.245. The molecule has 4 rings (SSSR count). The molecule has 0 aliphatic carbocycles. The first-order valence-electron chi connectivity index (χ1n) is 15.1. The number of piperidine rings is 1. The minimum absolute atomic E-state index is 0.0842. The van der Waals surface area contributed by atoms with Gasteiger partial charge in [0.15, 0.2) is 0 Å². The maximum atomic E-state index is 13.5. The van der Waals surface area contributed by atoms with Gasteiger partial charge in [0.05, 0.1) is 37.1 Å². The highest BCUT2D eigenvalue weighted by Crippen LogP contribution is 2.37. The normalized spacial score (nSPS) is 16.3. The number of nitrogen functional groups attached to an aromatic ring is 1. The van der Waals surface area contributed by atoms with E-state index < -0.39 is 0 Å². The fourth-order valence-electron chi connectivity index (χ4n) is 5.93. The predicted molar refractivity (Wildman–Crippen MR) is 169 cm³/mol. The van der Waals surface area contributed by atoms with Crippen molar-refractivity contribution in [1.29, 1.82) is 0 Å². The van der Waals surface area contributed by atoms with Crippen LogP contribution in [0.25, 0.3) is 0 Å². The molecule has 2 aliphatic rings. The zero-order chi connectivity index (χ0) is 30.1. The van der Waals surface area contributed by atoms with Gasteiger partial charge in [0.1, 0.15) is 0 Å². The molecule has 1 atom stereocenters. The van der Waals surface area contributed by atoms with E-state index in [1.807, 2.05) is 48.8 Å². The van der Waals surface area contributed by atoms with Gasteiger partial charge in [0.25, 0.3) is 0 Å². The average molecular weight is 575 g/mol. The van der Waals surface area contributed by atoms with Crippen molar-refractivity contribution in [1.82, 2.24) is 9.80 Å². The summed E-state index contributed by atoms with van der Waals surface area (Å²) in [6, 6.07) is 10.6. The molecule has 0 saturated carbocycles. The van der Waals surface area contributed by atoms with Gasteiger partial charge >= 0.3 is 12.0 Å². The maximum absolute atomic E-state index is 13.5. The number of hydrogen-bond acceptors (Lipinski definition) is 6. The van der Waals surface area contributed by atoms with Gasteiger partial charge < -0.3 is 30.3 Å². The molecule has 2 aliphatic heterocycles. The molecule has 8 heteroatoms. The molecule has 0 aromatic heterocycles. The first-order chi connectivity index (χ1) is 20.4. The van der Waals surface area contributed by atoms with Crippen LogP contribution in [-0.2, 0) is 27.2 Å². The number of anilines is 2. The first kappa shape index (κ1) is 31.2. The van der Waals surface area contributed by atoms with Crippen LogP contribution < -0.4 is 11.1 Å². The largest absolute Gasteiger partial charge is 0.466 e. The summed E-state index contributed by atoms with van der Waals surface area (Å²) in [4.78, 5) is 30.1. The Balaban J connectivity index is 1.55. The number of nitrogens with two attached hydrogens (primary N) is 1. The molecule has 3 N–H and O–H groups in total. The van der Waals surface area contributed by atoms with Crippen LogP contribution in [-0.4, -0.2) is 67.3 Å². The summed E-state index contributed by atoms with van der Waals surface area (Å²) in [5.74, 6) is -0.465. The van der Waals surface area contributed by atoms with Crippen LogP contribution >= 0.6 is 0 Å². The van der Waals surface area contributed by atoms with Crippen LogP contribution in [0.2, 0.25) is 0 Å². The number of ether oxygens (including phenoxy) is 2. The van der Waals surface area contributed by atoms with Crippen LogP contribution in [0, 0.1) is 6.92 Å². The second-order valence-electron chi connectivity index (χ2n) is 11.0. The topological polar surface area (TPSA) is 97.1 Å². The second-order valence-corrected chi connectivity index (χ2v) is 11.0. The summed E-state index contributed by atoms with van der Waals surface area (Å²) in [5.41, 5.74) is 13.5. The lowest BCUT2D eigenvalue weighted by Crippen LogP contribution is -2.49. The zero-order valence-corrected chi connectivity index (χ0v) is 25.4. The molecule has 0 spiro atoms. The lowest BCUT2D eigenvalue weighted by Gasteiger charge is -2.37. The van der Waals surface area contributed by atoms with Crippen LogP contribution in [0.15, 0.2) is 55.1 Å². The number of carbonyl (C=O) groups is 2. The van der Waals surface area contributed by atoms with Crippen molar-refractivity contribution in [3.8, 4) is 0 Å². The average Bonchev–Trinajstić information content (AvgIpc) is 3.01. The van der Waals surface area contributed by atoms with Crippen molar-refractivity contribution >= 4 is 23.4 Å². The Kier molecular flexibility index (Phi) is 11.1. The van der Waals surface area contributed by atoms with Gasteiger partial charge in [-0.2, -0.15) is 0 Å². The standard InChI is InChI=1S/C34H46N4O4/c1-5-8-16-36-31-12-11-29(24(4)33(31)35)30(22-32(39)41-7-3)26-10-9-25-13-17-38(23-27(25)21-26)34(40)37-18-14-28(15-19-37)42-20-6-2/h5-6,8-12,21,28,30,36H,2,7,13-20,22-23,35H2,1,3-4H3/b8-5+. The number of fused-ring (bicyclic) bond motifs is 1. The second kappa shape index (κ2) is 14.9. The molecule has 0 bridgehead atoms. The number of urea groups is 1. The van der Waals surface area contributed by atoms with E-state index in [0.29, 0.717) is 51.6 Å². The van der Waals surface area contributed by atoms with E-state index in [2.05, 4.69) is 36.2 Å². The number of allylic oxidation sites excluding steroid dienone is 1. The highest BCUT2D eigenvalue weighted by Gasteiger charge is 2.30. The molecule has 1 unspecified atom stereocenters. The van der Waals surface area contributed by atoms with Crippen molar-refractivity contribution in [2.75, 3.05) is 50.4 Å². The van der Waals surface area contributed by atoms with E-state index in [4.69, 9.17) is 15.2 Å². The Morgan fingerprint density at radius 2 is 1.93 bits per heavy atom. The third-order valence-corrected chi connectivity index (χ3v) is 8.33. The van der Waals surface area contributed by atoms with E-state index in [1.165, 1.54) is 5.56 Å². The summed E-state index contributed by atoms with van der Waals surface area (Å²) in [7, 11) is 0. The SMILES string of the molecule is C=CCOC1CCN(C(=O)N2CCc3ccc(C(CC(=O)OCC)c4ccc(NC/C=C/C)c(N)c4C)cc3C2)CC1. The molecule has 1 saturated heterocycles. The van der Waals surface area contributed by atoms with Gasteiger partial charge in [0.2, 0.25) is 0 Å². The van der Waals surface area contributed by atoms with Gasteiger partial charge in [-0.3, -0.25) is 4.79 Å². The number of nitrogens with one attached hydrogen (secondary N) is 1. The van der Waals surface area contributed by atoms with Crippen molar-refractivity contribution in [3.05, 3.63) is 83.0 Å². The highest BCUT2D eigenvalue weighted by molar-refractivity contribution is 5.76. The third-order valence-electron chi connectivity index (χ3n) is 8.33. The molecule has 226 valence electrons. The summed E-state index contributed by atoms with van der Waals surface area (Å²) in [6.45, 7) is 13.7. The lowest BCUT2D eigenvalue weighted by molar-refractivity contribution is -0.143. The molecule has 2 heterocycles. The monoisotopic (exact) mass is 574 g/mol. The van der Waals surface area contributed by atoms with E-state index >= 15 is 0 Å². The smallest absolute Gasteiger partial charge is 0.320 e.